The number of unbranched alkanes of at least 4 members (excludes halogenated alkanes) is 33. The molecule has 0 bridgehead atoms. The van der Waals surface area contributed by atoms with Crippen LogP contribution in [-0.4, -0.2) is 37.2 Å². The zero-order chi connectivity index (χ0) is 47.9. The highest BCUT2D eigenvalue weighted by Gasteiger charge is 2.19. The van der Waals surface area contributed by atoms with Crippen LogP contribution in [0.5, 0.6) is 0 Å². The summed E-state index contributed by atoms with van der Waals surface area (Å²) in [4.78, 5) is 38.1. The lowest BCUT2D eigenvalue weighted by atomic mass is 10.1. The lowest BCUT2D eigenvalue weighted by molar-refractivity contribution is -0.167. The van der Waals surface area contributed by atoms with Crippen LogP contribution in [0.3, 0.4) is 0 Å². The molecule has 0 fully saturated rings. The van der Waals surface area contributed by atoms with Gasteiger partial charge in [-0.2, -0.15) is 0 Å². The molecular weight excluding hydrogens is 817 g/mol. The predicted octanol–water partition coefficient (Wildman–Crippen LogP) is 19.0. The van der Waals surface area contributed by atoms with E-state index in [4.69, 9.17) is 14.2 Å². The fourth-order valence-electron chi connectivity index (χ4n) is 8.17. The molecule has 0 aliphatic heterocycles. The van der Waals surface area contributed by atoms with Crippen molar-refractivity contribution in [1.82, 2.24) is 0 Å². The first-order valence-corrected chi connectivity index (χ1v) is 28.6. The minimum Gasteiger partial charge on any atom is -0.462 e. The molecule has 1 unspecified atom stereocenters. The van der Waals surface area contributed by atoms with E-state index >= 15 is 0 Å². The van der Waals surface area contributed by atoms with Crippen molar-refractivity contribution in [2.45, 2.75) is 303 Å². The van der Waals surface area contributed by atoms with E-state index in [1.165, 1.54) is 173 Å². The summed E-state index contributed by atoms with van der Waals surface area (Å²) < 4.78 is 16.8. The SMILES string of the molecule is CCCCC/C=C\CCCCCCCC(=O)OCC(COC(=O)CCCCCCCCCCC/C=C\C/C=C\CCCCCCC)OC(=O)CCCCCCC/C=C\CCCCCCCC. The Labute approximate surface area is 409 Å². The van der Waals surface area contributed by atoms with Crippen LogP contribution in [0.4, 0.5) is 0 Å². The third-order valence-electron chi connectivity index (χ3n) is 12.5. The van der Waals surface area contributed by atoms with E-state index in [1.54, 1.807) is 0 Å². The maximum atomic E-state index is 12.8. The fourth-order valence-corrected chi connectivity index (χ4v) is 8.17. The summed E-state index contributed by atoms with van der Waals surface area (Å²) in [5, 5.41) is 0. The molecule has 0 saturated carbocycles. The van der Waals surface area contributed by atoms with E-state index in [0.717, 1.165) is 83.5 Å². The van der Waals surface area contributed by atoms with Crippen LogP contribution in [0, 0.1) is 0 Å². The third-order valence-corrected chi connectivity index (χ3v) is 12.5. The first-order valence-electron chi connectivity index (χ1n) is 28.6. The third kappa shape index (κ3) is 52.3. The van der Waals surface area contributed by atoms with E-state index in [1.807, 2.05) is 0 Å². The number of hydrogen-bond acceptors (Lipinski definition) is 6. The summed E-state index contributed by atoms with van der Waals surface area (Å²) in [5.74, 6) is -0.891. The smallest absolute Gasteiger partial charge is 0.306 e. The van der Waals surface area contributed by atoms with Gasteiger partial charge in [0.05, 0.1) is 0 Å². The molecule has 0 aliphatic rings. The predicted molar refractivity (Wildman–Crippen MR) is 284 cm³/mol. The Kier molecular flexibility index (Phi) is 52.8. The van der Waals surface area contributed by atoms with Crippen LogP contribution < -0.4 is 0 Å². The summed E-state index contributed by atoms with van der Waals surface area (Å²) in [7, 11) is 0. The van der Waals surface area contributed by atoms with Gasteiger partial charge in [-0.05, 0) is 103 Å². The summed E-state index contributed by atoms with van der Waals surface area (Å²) >= 11 is 0. The second kappa shape index (κ2) is 55.0. The van der Waals surface area contributed by atoms with Gasteiger partial charge in [0.2, 0.25) is 0 Å². The maximum absolute atomic E-state index is 12.8. The number of carbonyl (C=O) groups is 3. The van der Waals surface area contributed by atoms with Crippen LogP contribution in [-0.2, 0) is 28.6 Å². The molecule has 1 atom stereocenters. The molecule has 0 radical (unpaired) electrons. The van der Waals surface area contributed by atoms with Gasteiger partial charge in [-0.15, -0.1) is 0 Å². The fraction of sp³-hybridized carbons (Fsp3) is 0.817. The Balaban J connectivity index is 4.33. The van der Waals surface area contributed by atoms with E-state index < -0.39 is 6.10 Å². The van der Waals surface area contributed by atoms with Crippen LogP contribution in [0.15, 0.2) is 48.6 Å². The Bertz CT molecular complexity index is 1150. The maximum Gasteiger partial charge on any atom is 0.306 e. The Morgan fingerprint density at radius 2 is 0.545 bits per heavy atom. The Hall–Kier alpha value is -2.63. The minimum atomic E-state index is -0.781. The quantitative estimate of drug-likeness (QED) is 0.0262. The van der Waals surface area contributed by atoms with Gasteiger partial charge in [0.1, 0.15) is 13.2 Å². The Morgan fingerprint density at radius 3 is 0.879 bits per heavy atom. The van der Waals surface area contributed by atoms with Gasteiger partial charge < -0.3 is 14.2 Å². The first-order chi connectivity index (χ1) is 32.5. The second-order valence-corrected chi connectivity index (χ2v) is 19.2. The molecule has 0 N–H and O–H groups in total. The van der Waals surface area contributed by atoms with E-state index in [2.05, 4.69) is 69.4 Å². The van der Waals surface area contributed by atoms with Gasteiger partial charge in [-0.25, -0.2) is 0 Å². The molecule has 0 aromatic heterocycles. The van der Waals surface area contributed by atoms with Crippen LogP contribution in [0.2, 0.25) is 0 Å². The molecule has 384 valence electrons. The molecule has 0 heterocycles. The van der Waals surface area contributed by atoms with E-state index in [-0.39, 0.29) is 31.1 Å². The van der Waals surface area contributed by atoms with Crippen molar-refractivity contribution in [3.8, 4) is 0 Å². The van der Waals surface area contributed by atoms with Crippen molar-refractivity contribution in [2.24, 2.45) is 0 Å². The van der Waals surface area contributed by atoms with Gasteiger partial charge in [-0.3, -0.25) is 14.4 Å². The highest BCUT2D eigenvalue weighted by molar-refractivity contribution is 5.71. The number of hydrogen-bond donors (Lipinski definition) is 0. The molecule has 0 aromatic carbocycles. The zero-order valence-corrected chi connectivity index (χ0v) is 44.0. The lowest BCUT2D eigenvalue weighted by Crippen LogP contribution is -2.30. The van der Waals surface area contributed by atoms with Gasteiger partial charge in [-0.1, -0.05) is 223 Å². The largest absolute Gasteiger partial charge is 0.462 e. The average Bonchev–Trinajstić information content (AvgIpc) is 3.31. The van der Waals surface area contributed by atoms with Crippen molar-refractivity contribution in [3.05, 3.63) is 48.6 Å². The monoisotopic (exact) mass is 925 g/mol. The Morgan fingerprint density at radius 1 is 0.303 bits per heavy atom. The van der Waals surface area contributed by atoms with Gasteiger partial charge in [0.25, 0.3) is 0 Å². The normalized spacial score (nSPS) is 12.3. The van der Waals surface area contributed by atoms with Gasteiger partial charge >= 0.3 is 17.9 Å². The molecule has 0 amide bonds. The molecule has 0 aromatic rings. The molecule has 0 rings (SSSR count). The molecule has 0 spiro atoms. The van der Waals surface area contributed by atoms with Crippen LogP contribution in [0.25, 0.3) is 0 Å². The van der Waals surface area contributed by atoms with Crippen LogP contribution in [0.1, 0.15) is 297 Å². The van der Waals surface area contributed by atoms with Crippen molar-refractivity contribution >= 4 is 17.9 Å². The molecule has 66 heavy (non-hydrogen) atoms. The minimum absolute atomic E-state index is 0.0800. The highest BCUT2D eigenvalue weighted by Crippen LogP contribution is 2.15. The van der Waals surface area contributed by atoms with E-state index in [9.17, 15) is 14.4 Å². The van der Waals surface area contributed by atoms with Crippen molar-refractivity contribution in [3.63, 3.8) is 0 Å². The zero-order valence-electron chi connectivity index (χ0n) is 44.0. The number of rotatable bonds is 52. The van der Waals surface area contributed by atoms with Crippen molar-refractivity contribution in [2.75, 3.05) is 13.2 Å². The molecule has 0 saturated heterocycles. The number of esters is 3. The second-order valence-electron chi connectivity index (χ2n) is 19.2. The summed E-state index contributed by atoms with van der Waals surface area (Å²) in [6.07, 6.45) is 66.7. The molecular formula is C60H108O6. The summed E-state index contributed by atoms with van der Waals surface area (Å²) in [6, 6.07) is 0. The van der Waals surface area contributed by atoms with Gasteiger partial charge in [0.15, 0.2) is 6.10 Å². The number of allylic oxidation sites excluding steroid dienone is 8. The molecule has 0 aliphatic carbocycles. The van der Waals surface area contributed by atoms with E-state index in [0.29, 0.717) is 19.3 Å². The summed E-state index contributed by atoms with van der Waals surface area (Å²) in [6.45, 7) is 6.61. The standard InChI is InChI=1S/C60H108O6/c1-4-7-10-13-16-19-22-25-27-28-29-30-31-32-34-35-38-41-44-47-50-53-59(62)65-56-57(55-64-58(61)52-49-46-43-40-37-24-21-18-15-12-9-6-3)66-60(63)54-51-48-45-42-39-36-33-26-23-20-17-14-11-8-5-2/h18,21-22,25-26,28-29,33,57H,4-17,19-20,23-24,27,30-32,34-56H2,1-3H3/b21-18-,25-22-,29-28-,33-26-. The lowest BCUT2D eigenvalue weighted by Gasteiger charge is -2.18. The molecule has 6 heteroatoms. The first kappa shape index (κ1) is 63.4. The van der Waals surface area contributed by atoms with Crippen molar-refractivity contribution in [1.29, 1.82) is 0 Å². The highest BCUT2D eigenvalue weighted by atomic mass is 16.6. The van der Waals surface area contributed by atoms with Gasteiger partial charge in [0, 0.05) is 19.3 Å². The topological polar surface area (TPSA) is 78.9 Å². The summed E-state index contributed by atoms with van der Waals surface area (Å²) in [5.41, 5.74) is 0. The van der Waals surface area contributed by atoms with Crippen LogP contribution >= 0.6 is 0 Å². The van der Waals surface area contributed by atoms with Crippen molar-refractivity contribution < 1.29 is 28.6 Å². The number of ether oxygens (including phenoxy) is 3. The average molecular weight is 926 g/mol. The number of carbonyl (C=O) groups excluding carboxylic acids is 3. The molecule has 6 nitrogen and oxygen atoms in total.